The fourth-order valence-corrected chi connectivity index (χ4v) is 4.81. The van der Waals surface area contributed by atoms with Gasteiger partial charge in [-0.3, -0.25) is 9.80 Å². The van der Waals surface area contributed by atoms with Gasteiger partial charge in [0.15, 0.2) is 0 Å². The van der Waals surface area contributed by atoms with Gasteiger partial charge >= 0.3 is 12.2 Å². The fourth-order valence-electron chi connectivity index (χ4n) is 4.81. The Kier molecular flexibility index (Phi) is 7.46. The summed E-state index contributed by atoms with van der Waals surface area (Å²) in [7, 11) is 0. The Labute approximate surface area is 204 Å². The van der Waals surface area contributed by atoms with E-state index in [2.05, 4.69) is 0 Å². The first-order valence-electron chi connectivity index (χ1n) is 12.1. The van der Waals surface area contributed by atoms with Gasteiger partial charge in [0.25, 0.3) is 0 Å². The van der Waals surface area contributed by atoms with Gasteiger partial charge in [-0.15, -0.1) is 0 Å². The number of carbonyl (C=O) groups excluding carboxylic acids is 2. The van der Waals surface area contributed by atoms with E-state index in [9.17, 15) is 9.59 Å². The molecule has 5 rings (SSSR count). The number of rotatable bonds is 6. The number of hydrogen-bond acceptors (Lipinski definition) is 7. The van der Waals surface area contributed by atoms with Crippen LogP contribution in [0.3, 0.4) is 0 Å². The summed E-state index contributed by atoms with van der Waals surface area (Å²) in [6.07, 6.45) is 0.784. The minimum absolute atomic E-state index is 0.205. The third kappa shape index (κ3) is 5.58. The minimum atomic E-state index is -0.741. The van der Waals surface area contributed by atoms with Crippen molar-refractivity contribution in [2.24, 2.45) is 0 Å². The van der Waals surface area contributed by atoms with E-state index in [0.29, 0.717) is 25.9 Å². The average Bonchev–Trinajstić information content (AvgIpc) is 3.67. The Hall–Kier alpha value is -3.14. The maximum Gasteiger partial charge on any atom is 0.410 e. The maximum absolute atomic E-state index is 12.7. The summed E-state index contributed by atoms with van der Waals surface area (Å²) in [6.45, 7) is 1.54. The highest BCUT2D eigenvalue weighted by atomic mass is 17.3. The zero-order chi connectivity index (χ0) is 24.0. The van der Waals surface area contributed by atoms with Gasteiger partial charge in [0.05, 0.1) is 12.1 Å². The largest absolute Gasteiger partial charge is 0.445 e. The second-order valence-corrected chi connectivity index (χ2v) is 8.95. The molecule has 3 heterocycles. The van der Waals surface area contributed by atoms with Gasteiger partial charge in [0.2, 0.25) is 12.6 Å². The molecule has 0 saturated carbocycles. The molecule has 2 aromatic rings. The summed E-state index contributed by atoms with van der Waals surface area (Å²) >= 11 is 0. The van der Waals surface area contributed by atoms with Crippen molar-refractivity contribution in [3.8, 4) is 0 Å². The lowest BCUT2D eigenvalue weighted by atomic mass is 10.2. The van der Waals surface area contributed by atoms with Crippen LogP contribution in [0.15, 0.2) is 60.7 Å². The lowest BCUT2D eigenvalue weighted by Gasteiger charge is -2.28. The number of hydrogen-bond donors (Lipinski definition) is 0. The molecule has 186 valence electrons. The number of benzene rings is 2. The van der Waals surface area contributed by atoms with Crippen LogP contribution in [0.2, 0.25) is 0 Å². The van der Waals surface area contributed by atoms with Crippen LogP contribution >= 0.6 is 0 Å². The van der Waals surface area contributed by atoms with E-state index < -0.39 is 24.8 Å². The van der Waals surface area contributed by atoms with E-state index >= 15 is 0 Å². The van der Waals surface area contributed by atoms with E-state index in [-0.39, 0.29) is 25.3 Å². The molecule has 0 spiro atoms. The molecular formula is C26H30N2O7. The molecule has 0 aromatic heterocycles. The van der Waals surface area contributed by atoms with Crippen molar-refractivity contribution in [2.75, 3.05) is 13.1 Å². The lowest BCUT2D eigenvalue weighted by molar-refractivity contribution is -0.307. The highest BCUT2D eigenvalue weighted by Gasteiger charge is 2.47. The Bertz CT molecular complexity index is 910. The zero-order valence-electron chi connectivity index (χ0n) is 19.5. The third-order valence-electron chi connectivity index (χ3n) is 6.62. The van der Waals surface area contributed by atoms with Crippen molar-refractivity contribution in [3.63, 3.8) is 0 Å². The molecule has 3 fully saturated rings. The van der Waals surface area contributed by atoms with Gasteiger partial charge in [0.1, 0.15) is 13.2 Å². The molecule has 3 aliphatic heterocycles. The van der Waals surface area contributed by atoms with E-state index in [1.807, 2.05) is 60.7 Å². The molecule has 0 N–H and O–H groups in total. The van der Waals surface area contributed by atoms with Crippen LogP contribution in [0.5, 0.6) is 0 Å². The number of carbonyl (C=O) groups is 2. The van der Waals surface area contributed by atoms with Crippen LogP contribution < -0.4 is 0 Å². The topological polar surface area (TPSA) is 86.8 Å². The van der Waals surface area contributed by atoms with Crippen molar-refractivity contribution >= 4 is 12.2 Å². The molecule has 0 aliphatic carbocycles. The Morgan fingerprint density at radius 2 is 1.14 bits per heavy atom. The molecule has 0 bridgehead atoms. The molecule has 2 aromatic carbocycles. The van der Waals surface area contributed by atoms with E-state index in [0.717, 1.165) is 24.0 Å². The highest BCUT2D eigenvalue weighted by Crippen LogP contribution is 2.33. The van der Waals surface area contributed by atoms with Crippen LogP contribution in [0.4, 0.5) is 9.59 Å². The quantitative estimate of drug-likeness (QED) is 0.570. The molecular weight excluding hydrogens is 452 g/mol. The molecule has 3 saturated heterocycles. The van der Waals surface area contributed by atoms with Crippen molar-refractivity contribution in [2.45, 2.75) is 63.6 Å². The normalized spacial score (nSPS) is 26.2. The number of ether oxygens (including phenoxy) is 3. The van der Waals surface area contributed by atoms with E-state index in [1.54, 1.807) is 9.80 Å². The van der Waals surface area contributed by atoms with Gasteiger partial charge in [-0.05, 0) is 36.8 Å². The van der Waals surface area contributed by atoms with Gasteiger partial charge in [-0.1, -0.05) is 60.7 Å². The first-order chi connectivity index (χ1) is 17.2. The molecule has 2 amide bonds. The van der Waals surface area contributed by atoms with Gasteiger partial charge in [-0.25, -0.2) is 9.59 Å². The Morgan fingerprint density at radius 3 is 1.57 bits per heavy atom. The van der Waals surface area contributed by atoms with Crippen molar-refractivity contribution in [1.29, 1.82) is 0 Å². The molecule has 3 aliphatic rings. The fraction of sp³-hybridized carbons (Fsp3) is 0.462. The average molecular weight is 483 g/mol. The summed E-state index contributed by atoms with van der Waals surface area (Å²) in [4.78, 5) is 39.8. The Morgan fingerprint density at radius 1 is 0.714 bits per heavy atom. The van der Waals surface area contributed by atoms with Crippen LogP contribution in [0.1, 0.15) is 36.8 Å². The van der Waals surface area contributed by atoms with Crippen LogP contribution in [0, 0.1) is 0 Å². The van der Waals surface area contributed by atoms with Crippen molar-refractivity contribution < 1.29 is 33.6 Å². The molecule has 4 atom stereocenters. The predicted octanol–water partition coefficient (Wildman–Crippen LogP) is 4.22. The first kappa shape index (κ1) is 23.6. The number of amides is 2. The SMILES string of the molecule is O=C(OCc1ccccc1)N1CCCC1C1OOC([C@@H]2CCCN2C(=O)OCc2ccccc2)O1. The summed E-state index contributed by atoms with van der Waals surface area (Å²) < 4.78 is 17.1. The number of likely N-dealkylation sites (tertiary alicyclic amines) is 2. The predicted molar refractivity (Wildman–Crippen MR) is 124 cm³/mol. The summed E-state index contributed by atoms with van der Waals surface area (Å²) in [6, 6.07) is 18.5. The van der Waals surface area contributed by atoms with E-state index in [4.69, 9.17) is 24.0 Å². The van der Waals surface area contributed by atoms with Crippen molar-refractivity contribution in [1.82, 2.24) is 9.80 Å². The monoisotopic (exact) mass is 482 g/mol. The summed E-state index contributed by atoms with van der Waals surface area (Å²) in [5.74, 6) is 0. The van der Waals surface area contributed by atoms with Gasteiger partial charge in [0, 0.05) is 13.1 Å². The van der Waals surface area contributed by atoms with Gasteiger partial charge in [-0.2, -0.15) is 9.78 Å². The first-order valence-corrected chi connectivity index (χ1v) is 12.1. The smallest absolute Gasteiger partial charge is 0.410 e. The summed E-state index contributed by atoms with van der Waals surface area (Å²) in [5.41, 5.74) is 1.85. The molecule has 3 unspecified atom stereocenters. The van der Waals surface area contributed by atoms with Crippen molar-refractivity contribution in [3.05, 3.63) is 71.8 Å². The van der Waals surface area contributed by atoms with Gasteiger partial charge < -0.3 is 14.2 Å². The molecule has 9 heteroatoms. The zero-order valence-corrected chi connectivity index (χ0v) is 19.5. The molecule has 9 nitrogen and oxygen atoms in total. The standard InChI is InChI=1S/C26H30N2O7/c29-25(31-17-19-9-3-1-4-10-19)27-15-7-13-21(27)23-33-24(35-34-23)22-14-8-16-28(22)26(30)32-18-20-11-5-2-6-12-20/h1-6,9-12,21-24H,7-8,13-18H2/t21-,22?,23?,24?/m0/s1. The molecule has 35 heavy (non-hydrogen) atoms. The maximum atomic E-state index is 12.7. The second kappa shape index (κ2) is 11.1. The Balaban J connectivity index is 1.14. The third-order valence-corrected chi connectivity index (χ3v) is 6.62. The lowest BCUT2D eigenvalue weighted by Crippen LogP contribution is -2.46. The van der Waals surface area contributed by atoms with E-state index in [1.165, 1.54) is 0 Å². The van der Waals surface area contributed by atoms with Crippen LogP contribution in [-0.2, 0) is 37.2 Å². The summed E-state index contributed by atoms with van der Waals surface area (Å²) in [5, 5.41) is 0. The van der Waals surface area contributed by atoms with Crippen LogP contribution in [0.25, 0.3) is 0 Å². The molecule has 0 radical (unpaired) electrons. The van der Waals surface area contributed by atoms with Crippen LogP contribution in [-0.4, -0.2) is 59.7 Å². The highest BCUT2D eigenvalue weighted by molar-refractivity contribution is 5.69. The number of nitrogens with zero attached hydrogens (tertiary/aromatic N) is 2. The second-order valence-electron chi connectivity index (χ2n) is 8.95. The minimum Gasteiger partial charge on any atom is -0.445 e.